The molecule has 4 nitrogen and oxygen atoms in total. The van der Waals surface area contributed by atoms with Crippen molar-refractivity contribution in [3.05, 3.63) is 35.0 Å². The van der Waals surface area contributed by atoms with E-state index in [4.69, 9.17) is 0 Å². The molecule has 0 amide bonds. The van der Waals surface area contributed by atoms with Crippen molar-refractivity contribution in [2.24, 2.45) is 0 Å². The third-order valence-corrected chi connectivity index (χ3v) is 4.35. The summed E-state index contributed by atoms with van der Waals surface area (Å²) in [5.41, 5.74) is -0.160. The second kappa shape index (κ2) is 5.10. The van der Waals surface area contributed by atoms with Crippen LogP contribution in [-0.2, 0) is 9.84 Å². The SMILES string of the molecule is CCS(=O)(=O)c1ccccc1/C=[N+](\[O-])C(C)(C)C. The van der Waals surface area contributed by atoms with Crippen molar-refractivity contribution in [2.75, 3.05) is 5.75 Å². The van der Waals surface area contributed by atoms with Crippen molar-refractivity contribution in [3.8, 4) is 0 Å². The zero-order chi connectivity index (χ0) is 14.0. The molecule has 0 aliphatic heterocycles. The zero-order valence-electron chi connectivity index (χ0n) is 11.2. The fourth-order valence-corrected chi connectivity index (χ4v) is 2.42. The summed E-state index contributed by atoms with van der Waals surface area (Å²) in [5.74, 6) is 0.0201. The first kappa shape index (κ1) is 14.7. The molecule has 1 aromatic rings. The number of hydrogen-bond donors (Lipinski definition) is 0. The van der Waals surface area contributed by atoms with Gasteiger partial charge in [0.25, 0.3) is 0 Å². The number of sulfone groups is 1. The Morgan fingerprint density at radius 1 is 1.28 bits per heavy atom. The topological polar surface area (TPSA) is 60.2 Å². The number of hydroxylamine groups is 1. The summed E-state index contributed by atoms with van der Waals surface area (Å²) in [6, 6.07) is 6.55. The van der Waals surface area contributed by atoms with E-state index in [1.807, 2.05) is 0 Å². The summed E-state index contributed by atoms with van der Waals surface area (Å²) in [5, 5.41) is 11.9. The Balaban J connectivity index is 3.37. The van der Waals surface area contributed by atoms with Gasteiger partial charge in [0.15, 0.2) is 21.6 Å². The largest absolute Gasteiger partial charge is 0.623 e. The molecule has 1 rings (SSSR count). The minimum atomic E-state index is -3.32. The third-order valence-electron chi connectivity index (χ3n) is 2.55. The van der Waals surface area contributed by atoms with Crippen molar-refractivity contribution in [2.45, 2.75) is 38.1 Å². The molecule has 0 bridgehead atoms. The smallest absolute Gasteiger partial charge is 0.183 e. The van der Waals surface area contributed by atoms with Crippen molar-refractivity contribution >= 4 is 16.1 Å². The quantitative estimate of drug-likeness (QED) is 0.366. The lowest BCUT2D eigenvalue weighted by molar-refractivity contribution is -0.530. The highest BCUT2D eigenvalue weighted by molar-refractivity contribution is 7.91. The number of nitrogens with zero attached hydrogens (tertiary/aromatic N) is 1. The van der Waals surface area contributed by atoms with Crippen LogP contribution >= 0.6 is 0 Å². The minimum Gasteiger partial charge on any atom is -0.623 e. The van der Waals surface area contributed by atoms with E-state index in [0.717, 1.165) is 4.74 Å². The molecule has 0 fully saturated rings. The molecule has 5 heteroatoms. The molecule has 0 aromatic heterocycles. The number of hydrogen-bond acceptors (Lipinski definition) is 3. The molecule has 0 aliphatic carbocycles. The van der Waals surface area contributed by atoms with Gasteiger partial charge in [0, 0.05) is 20.8 Å². The summed E-state index contributed by atoms with van der Waals surface area (Å²) in [7, 11) is -3.32. The highest BCUT2D eigenvalue weighted by Gasteiger charge is 2.21. The molecule has 0 unspecified atom stereocenters. The third kappa shape index (κ3) is 3.32. The van der Waals surface area contributed by atoms with E-state index in [1.54, 1.807) is 45.9 Å². The van der Waals surface area contributed by atoms with Crippen molar-refractivity contribution in [1.82, 2.24) is 0 Å². The zero-order valence-corrected chi connectivity index (χ0v) is 12.0. The van der Waals surface area contributed by atoms with Gasteiger partial charge >= 0.3 is 0 Å². The van der Waals surface area contributed by atoms with Gasteiger partial charge in [-0.1, -0.05) is 19.1 Å². The fraction of sp³-hybridized carbons (Fsp3) is 0.462. The van der Waals surface area contributed by atoms with Crippen LogP contribution in [0.2, 0.25) is 0 Å². The predicted octanol–water partition coefficient (Wildman–Crippen LogP) is 2.21. The summed E-state index contributed by atoms with van der Waals surface area (Å²) >= 11 is 0. The first-order valence-corrected chi connectivity index (χ1v) is 7.47. The van der Waals surface area contributed by atoms with Gasteiger partial charge in [0.2, 0.25) is 0 Å². The number of benzene rings is 1. The molecule has 0 atom stereocenters. The van der Waals surface area contributed by atoms with Gasteiger partial charge in [-0.25, -0.2) is 13.2 Å². The van der Waals surface area contributed by atoms with Crippen LogP contribution in [0.25, 0.3) is 0 Å². The summed E-state index contributed by atoms with van der Waals surface area (Å²) in [6.07, 6.45) is 1.34. The summed E-state index contributed by atoms with van der Waals surface area (Å²) in [4.78, 5) is 0.206. The van der Waals surface area contributed by atoms with Gasteiger partial charge < -0.3 is 5.21 Å². The van der Waals surface area contributed by atoms with Crippen LogP contribution in [0.1, 0.15) is 33.3 Å². The maximum Gasteiger partial charge on any atom is 0.183 e. The lowest BCUT2D eigenvalue weighted by Crippen LogP contribution is -2.29. The van der Waals surface area contributed by atoms with E-state index < -0.39 is 15.4 Å². The first-order chi connectivity index (χ1) is 8.18. The van der Waals surface area contributed by atoms with Crippen LogP contribution in [0.15, 0.2) is 29.2 Å². The van der Waals surface area contributed by atoms with E-state index in [2.05, 4.69) is 0 Å². The van der Waals surface area contributed by atoms with Crippen LogP contribution in [-0.4, -0.2) is 30.7 Å². The minimum absolute atomic E-state index is 0.0201. The highest BCUT2D eigenvalue weighted by Crippen LogP contribution is 2.16. The summed E-state index contributed by atoms with van der Waals surface area (Å²) < 4.78 is 24.6. The highest BCUT2D eigenvalue weighted by atomic mass is 32.2. The fourth-order valence-electron chi connectivity index (χ4n) is 1.35. The van der Waals surface area contributed by atoms with E-state index in [-0.39, 0.29) is 10.6 Å². The predicted molar refractivity (Wildman–Crippen MR) is 72.7 cm³/mol. The molecular formula is C13H19NO3S. The maximum absolute atomic E-state index is 11.9. The Morgan fingerprint density at radius 2 is 1.83 bits per heavy atom. The molecule has 0 radical (unpaired) electrons. The van der Waals surface area contributed by atoms with Crippen LogP contribution in [0.3, 0.4) is 0 Å². The van der Waals surface area contributed by atoms with Gasteiger partial charge in [0.05, 0.1) is 16.2 Å². The lowest BCUT2D eigenvalue weighted by Gasteiger charge is -2.19. The van der Waals surface area contributed by atoms with Crippen LogP contribution in [0.5, 0.6) is 0 Å². The molecule has 18 heavy (non-hydrogen) atoms. The molecule has 100 valence electrons. The van der Waals surface area contributed by atoms with Crippen molar-refractivity contribution in [1.29, 1.82) is 0 Å². The van der Waals surface area contributed by atoms with Gasteiger partial charge in [0.1, 0.15) is 0 Å². The van der Waals surface area contributed by atoms with E-state index >= 15 is 0 Å². The molecule has 1 aromatic carbocycles. The second-order valence-corrected chi connectivity index (χ2v) is 7.31. The second-order valence-electron chi connectivity index (χ2n) is 5.07. The molecule has 0 spiro atoms. The van der Waals surface area contributed by atoms with Gasteiger partial charge in [-0.2, -0.15) is 0 Å². The van der Waals surface area contributed by atoms with E-state index in [1.165, 1.54) is 12.3 Å². The average molecular weight is 269 g/mol. The van der Waals surface area contributed by atoms with Crippen molar-refractivity contribution < 1.29 is 13.2 Å². The van der Waals surface area contributed by atoms with E-state index in [9.17, 15) is 13.6 Å². The molecule has 0 heterocycles. The maximum atomic E-state index is 11.9. The normalized spacial score (nSPS) is 13.7. The average Bonchev–Trinajstić information content (AvgIpc) is 2.28. The Morgan fingerprint density at radius 3 is 2.33 bits per heavy atom. The monoisotopic (exact) mass is 269 g/mol. The summed E-state index contributed by atoms with van der Waals surface area (Å²) in [6.45, 7) is 6.90. The molecule has 0 saturated heterocycles. The Labute approximate surface area is 108 Å². The number of rotatable bonds is 3. The molecular weight excluding hydrogens is 250 g/mol. The lowest BCUT2D eigenvalue weighted by atomic mass is 10.1. The van der Waals surface area contributed by atoms with Crippen LogP contribution in [0.4, 0.5) is 0 Å². The van der Waals surface area contributed by atoms with E-state index in [0.29, 0.717) is 5.56 Å². The molecule has 0 saturated carbocycles. The van der Waals surface area contributed by atoms with Gasteiger partial charge in [-0.15, -0.1) is 0 Å². The van der Waals surface area contributed by atoms with Crippen molar-refractivity contribution in [3.63, 3.8) is 0 Å². The Kier molecular flexibility index (Phi) is 4.16. The van der Waals surface area contributed by atoms with Gasteiger partial charge in [-0.3, -0.25) is 0 Å². The Bertz CT molecular complexity index is 554. The van der Waals surface area contributed by atoms with Gasteiger partial charge in [-0.05, 0) is 12.1 Å². The van der Waals surface area contributed by atoms with Crippen LogP contribution in [0, 0.1) is 5.21 Å². The standard InChI is InChI=1S/C13H19NO3S/c1-5-18(16,17)12-9-7-6-8-11(12)10-14(15)13(2,3)4/h6-10H,5H2,1-4H3/b14-10-. The first-order valence-electron chi connectivity index (χ1n) is 5.81. The van der Waals surface area contributed by atoms with Crippen LogP contribution < -0.4 is 0 Å². The molecule has 0 aliphatic rings. The Hall–Kier alpha value is -1.36. The molecule has 0 N–H and O–H groups in total.